The van der Waals surface area contributed by atoms with Gasteiger partial charge in [0.1, 0.15) is 0 Å². The summed E-state index contributed by atoms with van der Waals surface area (Å²) in [5.41, 5.74) is 0.409. The average molecular weight is 198 g/mol. The van der Waals surface area contributed by atoms with Crippen molar-refractivity contribution in [1.82, 2.24) is 10.2 Å². The highest BCUT2D eigenvalue weighted by Gasteiger charge is 2.24. The molecule has 0 aromatic carbocycles. The van der Waals surface area contributed by atoms with Crippen molar-refractivity contribution in [3.63, 3.8) is 0 Å². The lowest BCUT2D eigenvalue weighted by atomic mass is 9.90. The van der Waals surface area contributed by atoms with E-state index in [1.165, 1.54) is 32.5 Å². The summed E-state index contributed by atoms with van der Waals surface area (Å²) < 4.78 is 0. The largest absolute Gasteiger partial charge is 0.319 e. The van der Waals surface area contributed by atoms with Crippen molar-refractivity contribution < 1.29 is 0 Å². The van der Waals surface area contributed by atoms with E-state index in [9.17, 15) is 0 Å². The quantitative estimate of drug-likeness (QED) is 0.743. The van der Waals surface area contributed by atoms with Crippen LogP contribution in [0.1, 0.15) is 33.6 Å². The topological polar surface area (TPSA) is 15.3 Å². The number of nitrogens with one attached hydrogen (secondary N) is 1. The van der Waals surface area contributed by atoms with E-state index in [1.54, 1.807) is 0 Å². The first kappa shape index (κ1) is 12.0. The maximum Gasteiger partial charge on any atom is 0.00449 e. The van der Waals surface area contributed by atoms with Crippen LogP contribution >= 0.6 is 0 Å². The zero-order valence-electron chi connectivity index (χ0n) is 10.3. The minimum Gasteiger partial charge on any atom is -0.319 e. The maximum absolute atomic E-state index is 3.28. The molecule has 2 nitrogen and oxygen atoms in total. The Morgan fingerprint density at radius 3 is 2.71 bits per heavy atom. The van der Waals surface area contributed by atoms with Crippen LogP contribution < -0.4 is 5.32 Å². The van der Waals surface area contributed by atoms with Crippen LogP contribution in [0.4, 0.5) is 0 Å². The van der Waals surface area contributed by atoms with Gasteiger partial charge in [0.05, 0.1) is 0 Å². The summed E-state index contributed by atoms with van der Waals surface area (Å²) in [5, 5.41) is 3.28. The second-order valence-corrected chi connectivity index (χ2v) is 5.68. The van der Waals surface area contributed by atoms with E-state index in [2.05, 4.69) is 31.0 Å². The van der Waals surface area contributed by atoms with Crippen molar-refractivity contribution in [2.45, 2.75) is 33.6 Å². The summed E-state index contributed by atoms with van der Waals surface area (Å²) in [7, 11) is 2.04. The molecule has 1 aliphatic heterocycles. The molecule has 0 amide bonds. The first-order valence-corrected chi connectivity index (χ1v) is 5.90. The Hall–Kier alpha value is -0.0800. The molecule has 0 radical (unpaired) electrons. The molecule has 2 heteroatoms. The first-order chi connectivity index (χ1) is 6.53. The minimum absolute atomic E-state index is 0.409. The van der Waals surface area contributed by atoms with Gasteiger partial charge in [0.2, 0.25) is 0 Å². The van der Waals surface area contributed by atoms with Gasteiger partial charge in [-0.15, -0.1) is 0 Å². The number of hydrogen-bond acceptors (Lipinski definition) is 2. The SMILES string of the molecule is CNCC(C)(C)CN1CCCC(C)C1. The fourth-order valence-electron chi connectivity index (χ4n) is 2.57. The Balaban J connectivity index is 2.34. The Labute approximate surface area is 89.1 Å². The summed E-state index contributed by atoms with van der Waals surface area (Å²) in [6, 6.07) is 0. The summed E-state index contributed by atoms with van der Waals surface area (Å²) in [4.78, 5) is 2.63. The molecule has 1 atom stereocenters. The van der Waals surface area contributed by atoms with Gasteiger partial charge in [-0.2, -0.15) is 0 Å². The van der Waals surface area contributed by atoms with Crippen molar-refractivity contribution in [3.8, 4) is 0 Å². The van der Waals surface area contributed by atoms with Gasteiger partial charge in [-0.3, -0.25) is 0 Å². The van der Waals surface area contributed by atoms with E-state index in [1.807, 2.05) is 7.05 Å². The van der Waals surface area contributed by atoms with E-state index >= 15 is 0 Å². The molecule has 1 aliphatic rings. The molecule has 0 aromatic heterocycles. The molecule has 1 unspecified atom stereocenters. The highest BCUT2D eigenvalue weighted by Crippen LogP contribution is 2.21. The highest BCUT2D eigenvalue weighted by molar-refractivity contribution is 4.79. The van der Waals surface area contributed by atoms with Crippen molar-refractivity contribution in [3.05, 3.63) is 0 Å². The van der Waals surface area contributed by atoms with Crippen molar-refractivity contribution in [2.24, 2.45) is 11.3 Å². The summed E-state index contributed by atoms with van der Waals surface area (Å²) in [6.45, 7) is 12.0. The average Bonchev–Trinajstić information content (AvgIpc) is 2.02. The minimum atomic E-state index is 0.409. The molecule has 1 rings (SSSR count). The van der Waals surface area contributed by atoms with Crippen LogP contribution in [0.5, 0.6) is 0 Å². The third-order valence-electron chi connectivity index (χ3n) is 3.05. The number of rotatable bonds is 4. The van der Waals surface area contributed by atoms with Gasteiger partial charge in [-0.05, 0) is 37.8 Å². The molecular weight excluding hydrogens is 172 g/mol. The zero-order chi connectivity index (χ0) is 10.6. The fraction of sp³-hybridized carbons (Fsp3) is 1.00. The van der Waals surface area contributed by atoms with Crippen LogP contribution in [-0.4, -0.2) is 38.1 Å². The highest BCUT2D eigenvalue weighted by atomic mass is 15.1. The third-order valence-corrected chi connectivity index (χ3v) is 3.05. The van der Waals surface area contributed by atoms with Crippen molar-refractivity contribution in [2.75, 3.05) is 33.2 Å². The monoisotopic (exact) mass is 198 g/mol. The molecule has 84 valence electrons. The number of hydrogen-bond donors (Lipinski definition) is 1. The molecule has 0 bridgehead atoms. The van der Waals surface area contributed by atoms with Gasteiger partial charge in [-0.25, -0.2) is 0 Å². The predicted octanol–water partition coefficient (Wildman–Crippen LogP) is 1.96. The van der Waals surface area contributed by atoms with E-state index in [0.29, 0.717) is 5.41 Å². The third kappa shape index (κ3) is 3.97. The lowest BCUT2D eigenvalue weighted by molar-refractivity contribution is 0.126. The van der Waals surface area contributed by atoms with Gasteiger partial charge >= 0.3 is 0 Å². The van der Waals surface area contributed by atoms with E-state index in [0.717, 1.165) is 12.5 Å². The molecule has 1 heterocycles. The lowest BCUT2D eigenvalue weighted by Gasteiger charge is -2.37. The molecule has 0 spiro atoms. The summed E-state index contributed by atoms with van der Waals surface area (Å²) in [6.07, 6.45) is 2.81. The normalized spacial score (nSPS) is 25.3. The summed E-state index contributed by atoms with van der Waals surface area (Å²) >= 11 is 0. The number of nitrogens with zero attached hydrogens (tertiary/aromatic N) is 1. The van der Waals surface area contributed by atoms with Crippen LogP contribution in [0.2, 0.25) is 0 Å². The molecule has 1 fully saturated rings. The Bertz CT molecular complexity index is 166. The van der Waals surface area contributed by atoms with Crippen molar-refractivity contribution in [1.29, 1.82) is 0 Å². The second-order valence-electron chi connectivity index (χ2n) is 5.68. The molecule has 0 aliphatic carbocycles. The fourth-order valence-corrected chi connectivity index (χ4v) is 2.57. The Morgan fingerprint density at radius 2 is 2.14 bits per heavy atom. The van der Waals surface area contributed by atoms with Gasteiger partial charge in [0.15, 0.2) is 0 Å². The molecule has 1 saturated heterocycles. The van der Waals surface area contributed by atoms with Crippen molar-refractivity contribution >= 4 is 0 Å². The van der Waals surface area contributed by atoms with E-state index < -0.39 is 0 Å². The van der Waals surface area contributed by atoms with Gasteiger partial charge in [-0.1, -0.05) is 20.8 Å². The molecule has 1 N–H and O–H groups in total. The van der Waals surface area contributed by atoms with E-state index in [4.69, 9.17) is 0 Å². The molecule has 14 heavy (non-hydrogen) atoms. The zero-order valence-corrected chi connectivity index (χ0v) is 10.3. The van der Waals surface area contributed by atoms with Crippen LogP contribution in [0.25, 0.3) is 0 Å². The number of piperidine rings is 1. The Kier molecular flexibility index (Phi) is 4.39. The smallest absolute Gasteiger partial charge is 0.00449 e. The second kappa shape index (κ2) is 5.13. The van der Waals surface area contributed by atoms with Crippen LogP contribution in [0.15, 0.2) is 0 Å². The van der Waals surface area contributed by atoms with Gasteiger partial charge < -0.3 is 10.2 Å². The standard InChI is InChI=1S/C12H26N2/c1-11-6-5-7-14(8-11)10-12(2,3)9-13-4/h11,13H,5-10H2,1-4H3. The van der Waals surface area contributed by atoms with Gasteiger partial charge in [0.25, 0.3) is 0 Å². The Morgan fingerprint density at radius 1 is 1.43 bits per heavy atom. The lowest BCUT2D eigenvalue weighted by Crippen LogP contribution is -2.43. The van der Waals surface area contributed by atoms with Crippen LogP contribution in [0.3, 0.4) is 0 Å². The maximum atomic E-state index is 3.28. The van der Waals surface area contributed by atoms with Crippen LogP contribution in [0, 0.1) is 11.3 Å². The molecular formula is C12H26N2. The van der Waals surface area contributed by atoms with Gasteiger partial charge in [0, 0.05) is 19.6 Å². The number of likely N-dealkylation sites (tertiary alicyclic amines) is 1. The van der Waals surface area contributed by atoms with Crippen LogP contribution in [-0.2, 0) is 0 Å². The molecule has 0 saturated carbocycles. The van der Waals surface area contributed by atoms with E-state index in [-0.39, 0.29) is 0 Å². The first-order valence-electron chi connectivity index (χ1n) is 5.90. The summed E-state index contributed by atoms with van der Waals surface area (Å²) in [5.74, 6) is 0.897. The predicted molar refractivity (Wildman–Crippen MR) is 62.5 cm³/mol. The molecule has 0 aromatic rings.